The smallest absolute Gasteiger partial charge is 0.128 e. The monoisotopic (exact) mass is 276 g/mol. The van der Waals surface area contributed by atoms with Crippen molar-refractivity contribution in [2.45, 2.75) is 0 Å². The van der Waals surface area contributed by atoms with E-state index in [1.54, 1.807) is 24.3 Å². The fraction of sp³-hybridized carbons (Fsp3) is 0. The molecular weight excluding hydrogens is 268 g/mol. The number of aromatic nitrogens is 1. The van der Waals surface area contributed by atoms with Crippen molar-refractivity contribution < 1.29 is 5.11 Å². The third-order valence-electron chi connectivity index (χ3n) is 2.62. The summed E-state index contributed by atoms with van der Waals surface area (Å²) in [6.07, 6.45) is 0. The first-order valence-electron chi connectivity index (χ1n) is 5.29. The van der Waals surface area contributed by atoms with E-state index in [9.17, 15) is 5.11 Å². The Hall–Kier alpha value is -1.78. The van der Waals surface area contributed by atoms with E-state index in [4.69, 9.17) is 17.3 Å². The number of phenolic OH excluding ortho intramolecular Hbond substituents is 1. The van der Waals surface area contributed by atoms with Crippen LogP contribution in [-0.2, 0) is 0 Å². The Morgan fingerprint density at radius 1 is 1.22 bits per heavy atom. The van der Waals surface area contributed by atoms with Crippen molar-refractivity contribution in [3.05, 3.63) is 41.4 Å². The lowest BCUT2D eigenvalue weighted by molar-refractivity contribution is 0.477. The van der Waals surface area contributed by atoms with Crippen LogP contribution in [0.1, 0.15) is 0 Å². The van der Waals surface area contributed by atoms with E-state index in [0.29, 0.717) is 21.3 Å². The first-order chi connectivity index (χ1) is 8.65. The van der Waals surface area contributed by atoms with E-state index in [1.165, 1.54) is 11.3 Å². The molecule has 2 aromatic carbocycles. The van der Waals surface area contributed by atoms with Gasteiger partial charge in [-0.1, -0.05) is 17.7 Å². The fourth-order valence-electron chi connectivity index (χ4n) is 1.76. The number of nitrogens with two attached hydrogens (primary N) is 1. The first-order valence-corrected chi connectivity index (χ1v) is 6.48. The van der Waals surface area contributed by atoms with Gasteiger partial charge in [-0.25, -0.2) is 4.98 Å². The molecule has 0 unspecified atom stereocenters. The van der Waals surface area contributed by atoms with Crippen molar-refractivity contribution in [3.63, 3.8) is 0 Å². The molecule has 0 radical (unpaired) electrons. The number of nitrogens with zero attached hydrogens (tertiary/aromatic N) is 1. The lowest BCUT2D eigenvalue weighted by Gasteiger charge is -2.01. The molecule has 3 rings (SSSR count). The maximum absolute atomic E-state index is 9.86. The van der Waals surface area contributed by atoms with Gasteiger partial charge in [0.1, 0.15) is 16.3 Å². The van der Waals surface area contributed by atoms with Crippen LogP contribution in [0.5, 0.6) is 5.75 Å². The molecule has 0 atom stereocenters. The number of rotatable bonds is 1. The Morgan fingerprint density at radius 2 is 2.06 bits per heavy atom. The molecule has 0 bridgehead atoms. The molecule has 0 saturated heterocycles. The summed E-state index contributed by atoms with van der Waals surface area (Å²) in [7, 11) is 0. The second kappa shape index (κ2) is 4.15. The second-order valence-electron chi connectivity index (χ2n) is 3.88. The predicted octanol–water partition coefficient (Wildman–Crippen LogP) is 3.90. The molecule has 3 nitrogen and oxygen atoms in total. The first kappa shape index (κ1) is 11.3. The Kier molecular flexibility index (Phi) is 2.61. The maximum Gasteiger partial charge on any atom is 0.128 e. The van der Waals surface area contributed by atoms with Crippen LogP contribution in [-0.4, -0.2) is 10.1 Å². The number of hydrogen-bond donors (Lipinski definition) is 2. The van der Waals surface area contributed by atoms with E-state index in [0.717, 1.165) is 10.2 Å². The molecule has 3 N–H and O–H groups in total. The second-order valence-corrected chi connectivity index (χ2v) is 5.32. The minimum absolute atomic E-state index is 0.166. The molecule has 5 heteroatoms. The van der Waals surface area contributed by atoms with Crippen LogP contribution >= 0.6 is 22.9 Å². The minimum Gasteiger partial charge on any atom is -0.507 e. The molecule has 18 heavy (non-hydrogen) atoms. The van der Waals surface area contributed by atoms with Crippen LogP contribution < -0.4 is 5.73 Å². The highest BCUT2D eigenvalue weighted by atomic mass is 35.5. The molecule has 3 aromatic rings. The van der Waals surface area contributed by atoms with Gasteiger partial charge >= 0.3 is 0 Å². The van der Waals surface area contributed by atoms with Gasteiger partial charge in [-0.05, 0) is 30.3 Å². The highest BCUT2D eigenvalue weighted by Gasteiger charge is 2.12. The molecule has 0 aliphatic carbocycles. The summed E-state index contributed by atoms with van der Waals surface area (Å²) in [5.41, 5.74) is 7.70. The molecule has 0 spiro atoms. The van der Waals surface area contributed by atoms with Crippen molar-refractivity contribution in [1.29, 1.82) is 0 Å². The van der Waals surface area contributed by atoms with E-state index < -0.39 is 0 Å². The lowest BCUT2D eigenvalue weighted by Crippen LogP contribution is -1.85. The number of phenols is 1. The predicted molar refractivity (Wildman–Crippen MR) is 76.1 cm³/mol. The number of para-hydroxylation sites is 1. The Morgan fingerprint density at radius 3 is 2.83 bits per heavy atom. The summed E-state index contributed by atoms with van der Waals surface area (Å²) >= 11 is 7.56. The van der Waals surface area contributed by atoms with Crippen LogP contribution in [0.25, 0.3) is 20.8 Å². The SMILES string of the molecule is Nc1ccc(O)c(-c2nc3c(Cl)cccc3s2)c1. The minimum atomic E-state index is 0.166. The van der Waals surface area contributed by atoms with E-state index in [1.807, 2.05) is 12.1 Å². The fourth-order valence-corrected chi connectivity index (χ4v) is 3.05. The molecule has 0 aliphatic rings. The number of thiazole rings is 1. The summed E-state index contributed by atoms with van der Waals surface area (Å²) in [5.74, 6) is 0.166. The van der Waals surface area contributed by atoms with Crippen LogP contribution in [0.3, 0.4) is 0 Å². The van der Waals surface area contributed by atoms with Gasteiger partial charge in [-0.3, -0.25) is 0 Å². The van der Waals surface area contributed by atoms with E-state index in [-0.39, 0.29) is 5.75 Å². The van der Waals surface area contributed by atoms with Crippen LogP contribution in [0, 0.1) is 0 Å². The molecular formula is C13H9ClN2OS. The molecule has 0 aliphatic heterocycles. The van der Waals surface area contributed by atoms with Crippen LogP contribution in [0.2, 0.25) is 5.02 Å². The van der Waals surface area contributed by atoms with Gasteiger partial charge in [0.15, 0.2) is 0 Å². The zero-order valence-corrected chi connectivity index (χ0v) is 10.8. The standard InChI is InChI=1S/C13H9ClN2OS/c14-9-2-1-3-11-12(9)16-13(18-11)8-6-7(15)4-5-10(8)17/h1-6,17H,15H2. The van der Waals surface area contributed by atoms with Gasteiger partial charge in [0.05, 0.1) is 15.3 Å². The van der Waals surface area contributed by atoms with Crippen LogP contribution in [0.15, 0.2) is 36.4 Å². The summed E-state index contributed by atoms with van der Waals surface area (Å²) in [6.45, 7) is 0. The number of anilines is 1. The zero-order valence-electron chi connectivity index (χ0n) is 9.22. The molecule has 0 amide bonds. The Balaban J connectivity index is 2.26. The highest BCUT2D eigenvalue weighted by Crippen LogP contribution is 2.37. The molecule has 1 aromatic heterocycles. The van der Waals surface area contributed by atoms with Crippen molar-refractivity contribution in [1.82, 2.24) is 4.98 Å². The summed E-state index contributed by atoms with van der Waals surface area (Å²) in [6, 6.07) is 10.6. The number of benzene rings is 2. The van der Waals surface area contributed by atoms with Crippen molar-refractivity contribution in [3.8, 4) is 16.3 Å². The number of halogens is 1. The van der Waals surface area contributed by atoms with E-state index >= 15 is 0 Å². The average Bonchev–Trinajstić information content (AvgIpc) is 2.77. The number of aromatic hydroxyl groups is 1. The van der Waals surface area contributed by atoms with Gasteiger partial charge in [0, 0.05) is 5.69 Å². The van der Waals surface area contributed by atoms with Gasteiger partial charge < -0.3 is 10.8 Å². The van der Waals surface area contributed by atoms with Gasteiger partial charge in [-0.15, -0.1) is 11.3 Å². The number of nitrogen functional groups attached to an aromatic ring is 1. The van der Waals surface area contributed by atoms with Crippen molar-refractivity contribution in [2.24, 2.45) is 0 Å². The molecule has 90 valence electrons. The summed E-state index contributed by atoms with van der Waals surface area (Å²) in [4.78, 5) is 4.46. The average molecular weight is 277 g/mol. The van der Waals surface area contributed by atoms with Gasteiger partial charge in [0.25, 0.3) is 0 Å². The normalized spacial score (nSPS) is 10.9. The Bertz CT molecular complexity index is 739. The molecule has 0 saturated carbocycles. The summed E-state index contributed by atoms with van der Waals surface area (Å²) in [5, 5.41) is 11.2. The third kappa shape index (κ3) is 1.79. The Labute approximate surface area is 112 Å². The topological polar surface area (TPSA) is 59.1 Å². The quantitative estimate of drug-likeness (QED) is 0.523. The largest absolute Gasteiger partial charge is 0.507 e. The van der Waals surface area contributed by atoms with Crippen LogP contribution in [0.4, 0.5) is 5.69 Å². The van der Waals surface area contributed by atoms with Gasteiger partial charge in [-0.2, -0.15) is 0 Å². The summed E-state index contributed by atoms with van der Waals surface area (Å²) < 4.78 is 0.985. The highest BCUT2D eigenvalue weighted by molar-refractivity contribution is 7.21. The maximum atomic E-state index is 9.86. The molecule has 1 heterocycles. The zero-order chi connectivity index (χ0) is 12.7. The van der Waals surface area contributed by atoms with Gasteiger partial charge in [0.2, 0.25) is 0 Å². The number of fused-ring (bicyclic) bond motifs is 1. The van der Waals surface area contributed by atoms with E-state index in [2.05, 4.69) is 4.98 Å². The van der Waals surface area contributed by atoms with Crippen molar-refractivity contribution in [2.75, 3.05) is 5.73 Å². The number of hydrogen-bond acceptors (Lipinski definition) is 4. The third-order valence-corrected chi connectivity index (χ3v) is 3.98. The molecule has 0 fully saturated rings. The lowest BCUT2D eigenvalue weighted by atomic mass is 10.2. The van der Waals surface area contributed by atoms with Crippen molar-refractivity contribution >= 4 is 38.8 Å².